The molecule has 0 heterocycles. The fourth-order valence-corrected chi connectivity index (χ4v) is 2.63. The summed E-state index contributed by atoms with van der Waals surface area (Å²) in [7, 11) is 0. The Hall–Kier alpha value is -0.0800. The number of hydrogen-bond donors (Lipinski definition) is 1. The van der Waals surface area contributed by atoms with Gasteiger partial charge in [-0.3, -0.25) is 0 Å². The molecule has 0 bridgehead atoms. The number of hydrogen-bond acceptors (Lipinski definition) is 2. The first-order valence-electron chi connectivity index (χ1n) is 6.69. The Morgan fingerprint density at radius 1 is 1.07 bits per heavy atom. The average Bonchev–Trinajstić information content (AvgIpc) is 3.05. The largest absolute Gasteiger partial charge is 0.374 e. The molecular formula is C13H25NO. The standard InChI is InChI=1S/C13H25NO/c14-11-13(8-3-1-2-4-9-13)15-10-7-12-5-6-12/h12H,1-11,14H2. The molecule has 2 nitrogen and oxygen atoms in total. The molecule has 2 rings (SSSR count). The van der Waals surface area contributed by atoms with Crippen molar-refractivity contribution in [1.29, 1.82) is 0 Å². The lowest BCUT2D eigenvalue weighted by Crippen LogP contribution is -2.40. The van der Waals surface area contributed by atoms with E-state index in [-0.39, 0.29) is 5.60 Å². The van der Waals surface area contributed by atoms with Gasteiger partial charge in [0.05, 0.1) is 5.60 Å². The highest BCUT2D eigenvalue weighted by atomic mass is 16.5. The Kier molecular flexibility index (Phi) is 4.04. The quantitative estimate of drug-likeness (QED) is 0.710. The van der Waals surface area contributed by atoms with Gasteiger partial charge in [-0.25, -0.2) is 0 Å². The van der Waals surface area contributed by atoms with E-state index >= 15 is 0 Å². The third-order valence-corrected chi connectivity index (χ3v) is 4.02. The van der Waals surface area contributed by atoms with Crippen LogP contribution < -0.4 is 5.73 Å². The van der Waals surface area contributed by atoms with E-state index in [9.17, 15) is 0 Å². The Bertz CT molecular complexity index is 181. The average molecular weight is 211 g/mol. The molecule has 0 spiro atoms. The molecule has 2 heteroatoms. The molecule has 2 aliphatic carbocycles. The highest BCUT2D eigenvalue weighted by Gasteiger charge is 2.31. The van der Waals surface area contributed by atoms with Crippen molar-refractivity contribution in [3.05, 3.63) is 0 Å². The second-order valence-electron chi connectivity index (χ2n) is 5.38. The van der Waals surface area contributed by atoms with Crippen LogP contribution in [0.1, 0.15) is 57.8 Å². The Labute approximate surface area is 93.6 Å². The summed E-state index contributed by atoms with van der Waals surface area (Å²) < 4.78 is 6.13. The maximum atomic E-state index is 6.13. The van der Waals surface area contributed by atoms with Gasteiger partial charge in [0.2, 0.25) is 0 Å². The van der Waals surface area contributed by atoms with Crippen LogP contribution in [-0.4, -0.2) is 18.8 Å². The molecule has 0 aromatic carbocycles. The lowest BCUT2D eigenvalue weighted by Gasteiger charge is -2.31. The summed E-state index contributed by atoms with van der Waals surface area (Å²) in [5.74, 6) is 0.977. The fraction of sp³-hybridized carbons (Fsp3) is 1.00. The maximum Gasteiger partial charge on any atom is 0.0804 e. The Morgan fingerprint density at radius 3 is 2.27 bits per heavy atom. The first-order chi connectivity index (χ1) is 7.35. The summed E-state index contributed by atoms with van der Waals surface area (Å²) in [5.41, 5.74) is 5.96. The molecule has 2 N–H and O–H groups in total. The van der Waals surface area contributed by atoms with Crippen molar-refractivity contribution in [2.75, 3.05) is 13.2 Å². The van der Waals surface area contributed by atoms with Crippen molar-refractivity contribution in [3.63, 3.8) is 0 Å². The van der Waals surface area contributed by atoms with E-state index < -0.39 is 0 Å². The molecule has 0 amide bonds. The van der Waals surface area contributed by atoms with E-state index in [0.717, 1.165) is 19.1 Å². The van der Waals surface area contributed by atoms with Crippen LogP contribution in [0.15, 0.2) is 0 Å². The van der Waals surface area contributed by atoms with Crippen molar-refractivity contribution in [2.45, 2.75) is 63.4 Å². The summed E-state index contributed by atoms with van der Waals surface area (Å²) in [6.45, 7) is 1.67. The van der Waals surface area contributed by atoms with Crippen molar-refractivity contribution in [2.24, 2.45) is 11.7 Å². The van der Waals surface area contributed by atoms with Gasteiger partial charge in [0.1, 0.15) is 0 Å². The minimum Gasteiger partial charge on any atom is -0.374 e. The van der Waals surface area contributed by atoms with E-state index in [4.69, 9.17) is 10.5 Å². The maximum absolute atomic E-state index is 6.13. The van der Waals surface area contributed by atoms with Crippen LogP contribution in [-0.2, 0) is 4.74 Å². The summed E-state index contributed by atoms with van der Waals surface area (Å²) in [4.78, 5) is 0. The van der Waals surface area contributed by atoms with Gasteiger partial charge in [0, 0.05) is 13.2 Å². The molecule has 2 saturated carbocycles. The highest BCUT2D eigenvalue weighted by Crippen LogP contribution is 2.34. The zero-order chi connectivity index (χ0) is 10.6. The third-order valence-electron chi connectivity index (χ3n) is 4.02. The van der Waals surface area contributed by atoms with Gasteiger partial charge in [0.25, 0.3) is 0 Å². The van der Waals surface area contributed by atoms with Gasteiger partial charge < -0.3 is 10.5 Å². The molecule has 0 unspecified atom stereocenters. The normalized spacial score (nSPS) is 26.2. The van der Waals surface area contributed by atoms with Crippen LogP contribution in [0.5, 0.6) is 0 Å². The molecule has 2 fully saturated rings. The number of ether oxygens (including phenoxy) is 1. The zero-order valence-electron chi connectivity index (χ0n) is 9.84. The molecule has 0 aromatic rings. The van der Waals surface area contributed by atoms with Gasteiger partial charge in [-0.2, -0.15) is 0 Å². The van der Waals surface area contributed by atoms with Crippen molar-refractivity contribution < 1.29 is 4.74 Å². The topological polar surface area (TPSA) is 35.2 Å². The summed E-state index contributed by atoms with van der Waals surface area (Å²) in [6.07, 6.45) is 11.9. The van der Waals surface area contributed by atoms with Gasteiger partial charge in [-0.15, -0.1) is 0 Å². The van der Waals surface area contributed by atoms with Crippen molar-refractivity contribution in [3.8, 4) is 0 Å². The Morgan fingerprint density at radius 2 is 1.73 bits per heavy atom. The highest BCUT2D eigenvalue weighted by molar-refractivity contribution is 4.84. The first-order valence-corrected chi connectivity index (χ1v) is 6.69. The Balaban J connectivity index is 1.75. The van der Waals surface area contributed by atoms with Crippen LogP contribution in [0.25, 0.3) is 0 Å². The van der Waals surface area contributed by atoms with Gasteiger partial charge >= 0.3 is 0 Å². The smallest absolute Gasteiger partial charge is 0.0804 e. The summed E-state index contributed by atoms with van der Waals surface area (Å²) >= 11 is 0. The van der Waals surface area contributed by atoms with E-state index in [1.807, 2.05) is 0 Å². The summed E-state index contributed by atoms with van der Waals surface area (Å²) in [5, 5.41) is 0. The van der Waals surface area contributed by atoms with E-state index in [1.54, 1.807) is 0 Å². The molecule has 2 aliphatic rings. The zero-order valence-corrected chi connectivity index (χ0v) is 9.84. The minimum atomic E-state index is 0.0470. The van der Waals surface area contributed by atoms with E-state index in [0.29, 0.717) is 0 Å². The molecule has 0 aromatic heterocycles. The van der Waals surface area contributed by atoms with Gasteiger partial charge in [-0.05, 0) is 25.2 Å². The van der Waals surface area contributed by atoms with E-state index in [2.05, 4.69) is 0 Å². The monoisotopic (exact) mass is 211 g/mol. The van der Waals surface area contributed by atoms with Crippen molar-refractivity contribution in [1.82, 2.24) is 0 Å². The minimum absolute atomic E-state index is 0.0470. The summed E-state index contributed by atoms with van der Waals surface area (Å²) in [6, 6.07) is 0. The molecule has 0 atom stereocenters. The predicted molar refractivity (Wildman–Crippen MR) is 62.8 cm³/mol. The SMILES string of the molecule is NCC1(OCCC2CC2)CCCCCC1. The van der Waals surface area contributed by atoms with Crippen molar-refractivity contribution >= 4 is 0 Å². The second-order valence-corrected chi connectivity index (χ2v) is 5.38. The third kappa shape index (κ3) is 3.46. The predicted octanol–water partition coefficient (Wildman–Crippen LogP) is 2.85. The van der Waals surface area contributed by atoms with Crippen LogP contribution in [0.4, 0.5) is 0 Å². The van der Waals surface area contributed by atoms with Crippen LogP contribution in [0.3, 0.4) is 0 Å². The molecule has 0 saturated heterocycles. The van der Waals surface area contributed by atoms with Gasteiger partial charge in [-0.1, -0.05) is 38.5 Å². The van der Waals surface area contributed by atoms with Gasteiger partial charge in [0.15, 0.2) is 0 Å². The number of rotatable bonds is 5. The first kappa shape index (κ1) is 11.4. The lowest BCUT2D eigenvalue weighted by molar-refractivity contribution is -0.0515. The molecule has 0 radical (unpaired) electrons. The van der Waals surface area contributed by atoms with E-state index in [1.165, 1.54) is 57.8 Å². The molecule has 88 valence electrons. The molecule has 0 aliphatic heterocycles. The van der Waals surface area contributed by atoms with Crippen LogP contribution in [0, 0.1) is 5.92 Å². The molecular weight excluding hydrogens is 186 g/mol. The fourth-order valence-electron chi connectivity index (χ4n) is 2.63. The lowest BCUT2D eigenvalue weighted by atomic mass is 9.94. The van der Waals surface area contributed by atoms with Crippen LogP contribution in [0.2, 0.25) is 0 Å². The van der Waals surface area contributed by atoms with Crippen LogP contribution >= 0.6 is 0 Å². The molecule has 15 heavy (non-hydrogen) atoms. The second kappa shape index (κ2) is 5.31. The number of nitrogens with two attached hydrogens (primary N) is 1.